The SMILES string of the molecule is Oc1cccc[c]1[Be][c]1ccccc1O. The van der Waals surface area contributed by atoms with Gasteiger partial charge in [0, 0.05) is 0 Å². The Hall–Kier alpha value is -1.79. The van der Waals surface area contributed by atoms with Gasteiger partial charge >= 0.3 is 89.6 Å². The molecular weight excluding hydrogens is 185 g/mol. The van der Waals surface area contributed by atoms with Crippen molar-refractivity contribution in [3.63, 3.8) is 0 Å². The number of rotatable bonds is 2. The van der Waals surface area contributed by atoms with Gasteiger partial charge < -0.3 is 0 Å². The van der Waals surface area contributed by atoms with Gasteiger partial charge in [-0.05, 0) is 0 Å². The minimum absolute atomic E-state index is 0.265. The fourth-order valence-electron chi connectivity index (χ4n) is 1.53. The zero-order chi connectivity index (χ0) is 10.7. The number of benzene rings is 2. The summed E-state index contributed by atoms with van der Waals surface area (Å²) in [5.74, 6) is 0.529. The minimum atomic E-state index is 0.265. The molecule has 0 aromatic heterocycles. The molecule has 2 rings (SSSR count). The molecule has 2 N–H and O–H groups in total. The summed E-state index contributed by atoms with van der Waals surface area (Å²) < 4.78 is 0. The Bertz CT molecular complexity index is 425. The number of phenolic OH excluding ortho intramolecular Hbond substituents is 2. The van der Waals surface area contributed by atoms with E-state index in [2.05, 4.69) is 0 Å². The molecule has 2 aromatic rings. The Labute approximate surface area is 90.1 Å². The summed E-state index contributed by atoms with van der Waals surface area (Å²) in [7, 11) is 0.541. The van der Waals surface area contributed by atoms with Gasteiger partial charge in [0.25, 0.3) is 0 Å². The molecule has 0 bridgehead atoms. The fourth-order valence-corrected chi connectivity index (χ4v) is 1.53. The second-order valence-electron chi connectivity index (χ2n) is 3.43. The molecular formula is C12H10BeO2. The molecule has 2 nitrogen and oxygen atoms in total. The van der Waals surface area contributed by atoms with E-state index in [0.717, 1.165) is 10.6 Å². The zero-order valence-corrected chi connectivity index (χ0v) is 8.22. The van der Waals surface area contributed by atoms with Crippen molar-refractivity contribution in [3.8, 4) is 11.5 Å². The van der Waals surface area contributed by atoms with E-state index in [1.807, 2.05) is 24.3 Å². The molecule has 0 aliphatic carbocycles. The first kappa shape index (κ1) is 9.75. The molecule has 0 fully saturated rings. The third-order valence-corrected chi connectivity index (χ3v) is 2.36. The third kappa shape index (κ3) is 2.17. The average molecular weight is 195 g/mol. The van der Waals surface area contributed by atoms with Crippen molar-refractivity contribution in [3.05, 3.63) is 48.5 Å². The Balaban J connectivity index is 2.30. The van der Waals surface area contributed by atoms with Crippen LogP contribution in [-0.2, 0) is 0 Å². The van der Waals surface area contributed by atoms with E-state index in [9.17, 15) is 10.2 Å². The van der Waals surface area contributed by atoms with Crippen molar-refractivity contribution in [2.45, 2.75) is 0 Å². The summed E-state index contributed by atoms with van der Waals surface area (Å²) in [6.07, 6.45) is 0. The molecule has 0 saturated heterocycles. The van der Waals surface area contributed by atoms with Crippen LogP contribution in [0.1, 0.15) is 0 Å². The average Bonchev–Trinajstić information content (AvgIpc) is 2.24. The second-order valence-corrected chi connectivity index (χ2v) is 3.43. The summed E-state index contributed by atoms with van der Waals surface area (Å²) in [5.41, 5.74) is 0. The Kier molecular flexibility index (Phi) is 2.70. The maximum atomic E-state index is 9.58. The van der Waals surface area contributed by atoms with Gasteiger partial charge in [0.2, 0.25) is 0 Å². The molecule has 0 radical (unpaired) electrons. The number of phenols is 2. The Morgan fingerprint density at radius 3 is 1.47 bits per heavy atom. The monoisotopic (exact) mass is 195 g/mol. The summed E-state index contributed by atoms with van der Waals surface area (Å²) in [6, 6.07) is 14.3. The number of aromatic hydroxyl groups is 2. The van der Waals surface area contributed by atoms with Gasteiger partial charge in [0.05, 0.1) is 0 Å². The standard InChI is InChI=1S/2C6H5O.Be/c2*7-6-4-2-1-3-5-6;/h2*1-4,7H;. The first-order chi connectivity index (χ1) is 7.27. The van der Waals surface area contributed by atoms with Gasteiger partial charge in [-0.3, -0.25) is 0 Å². The van der Waals surface area contributed by atoms with Crippen molar-refractivity contribution < 1.29 is 10.2 Å². The van der Waals surface area contributed by atoms with Gasteiger partial charge in [0.1, 0.15) is 0 Å². The quantitative estimate of drug-likeness (QED) is 0.694. The van der Waals surface area contributed by atoms with Crippen LogP contribution in [0.3, 0.4) is 0 Å². The summed E-state index contributed by atoms with van der Waals surface area (Å²) in [6.45, 7) is 0. The Morgan fingerprint density at radius 1 is 0.667 bits per heavy atom. The number of hydrogen-bond acceptors (Lipinski definition) is 2. The summed E-state index contributed by atoms with van der Waals surface area (Å²) in [5, 5.41) is 20.8. The van der Waals surface area contributed by atoms with Crippen molar-refractivity contribution in [2.75, 3.05) is 0 Å². The van der Waals surface area contributed by atoms with Gasteiger partial charge in [-0.1, -0.05) is 0 Å². The van der Waals surface area contributed by atoms with E-state index >= 15 is 0 Å². The first-order valence-corrected chi connectivity index (χ1v) is 4.81. The van der Waals surface area contributed by atoms with E-state index < -0.39 is 0 Å². The summed E-state index contributed by atoms with van der Waals surface area (Å²) >= 11 is 0. The molecule has 2 aromatic carbocycles. The van der Waals surface area contributed by atoms with Crippen LogP contribution >= 0.6 is 0 Å². The van der Waals surface area contributed by atoms with Crippen LogP contribution in [0.5, 0.6) is 11.5 Å². The van der Waals surface area contributed by atoms with Crippen molar-refractivity contribution >= 4 is 19.3 Å². The molecule has 0 heterocycles. The van der Waals surface area contributed by atoms with Gasteiger partial charge in [0.15, 0.2) is 0 Å². The van der Waals surface area contributed by atoms with E-state index in [0.29, 0.717) is 8.78 Å². The fraction of sp³-hybridized carbons (Fsp3) is 0. The van der Waals surface area contributed by atoms with Gasteiger partial charge in [-0.2, -0.15) is 0 Å². The molecule has 15 heavy (non-hydrogen) atoms. The van der Waals surface area contributed by atoms with Crippen LogP contribution < -0.4 is 10.6 Å². The molecule has 72 valence electrons. The van der Waals surface area contributed by atoms with E-state index in [4.69, 9.17) is 0 Å². The third-order valence-electron chi connectivity index (χ3n) is 2.36. The molecule has 0 amide bonds. The zero-order valence-electron chi connectivity index (χ0n) is 8.22. The predicted octanol–water partition coefficient (Wildman–Crippen LogP) is 0.753. The Morgan fingerprint density at radius 2 is 1.07 bits per heavy atom. The second kappa shape index (κ2) is 4.16. The van der Waals surface area contributed by atoms with Crippen LogP contribution in [0.15, 0.2) is 48.5 Å². The van der Waals surface area contributed by atoms with Crippen molar-refractivity contribution in [1.82, 2.24) is 0 Å². The van der Waals surface area contributed by atoms with Crippen LogP contribution in [0, 0.1) is 0 Å². The molecule has 0 spiro atoms. The number of hydrogen-bond donors (Lipinski definition) is 2. The van der Waals surface area contributed by atoms with Crippen molar-refractivity contribution in [1.29, 1.82) is 0 Å². The topological polar surface area (TPSA) is 40.5 Å². The molecule has 0 aliphatic rings. The molecule has 0 aliphatic heterocycles. The van der Waals surface area contributed by atoms with E-state index in [-0.39, 0.29) is 11.5 Å². The normalized spacial score (nSPS) is 9.60. The predicted molar refractivity (Wildman–Crippen MR) is 61.2 cm³/mol. The number of para-hydroxylation sites is 2. The molecule has 0 saturated carbocycles. The van der Waals surface area contributed by atoms with Crippen LogP contribution in [0.2, 0.25) is 0 Å². The van der Waals surface area contributed by atoms with E-state index in [1.54, 1.807) is 24.3 Å². The van der Waals surface area contributed by atoms with Crippen LogP contribution in [0.4, 0.5) is 0 Å². The van der Waals surface area contributed by atoms with Crippen LogP contribution in [0.25, 0.3) is 0 Å². The molecule has 3 heteroatoms. The maximum absolute atomic E-state index is 9.58. The van der Waals surface area contributed by atoms with Gasteiger partial charge in [-0.25, -0.2) is 0 Å². The first-order valence-electron chi connectivity index (χ1n) is 4.81. The summed E-state index contributed by atoms with van der Waals surface area (Å²) in [4.78, 5) is 0. The molecule has 0 atom stereocenters. The van der Waals surface area contributed by atoms with E-state index in [1.165, 1.54) is 0 Å². The molecule has 0 unspecified atom stereocenters. The van der Waals surface area contributed by atoms with Crippen LogP contribution in [-0.4, -0.2) is 19.0 Å². The van der Waals surface area contributed by atoms with Crippen molar-refractivity contribution in [2.24, 2.45) is 0 Å². The van der Waals surface area contributed by atoms with Gasteiger partial charge in [-0.15, -0.1) is 0 Å².